The molecule has 1 heterocycles. The number of hydrogen-bond donors (Lipinski definition) is 1. The first-order chi connectivity index (χ1) is 9.36. The molecule has 0 amide bonds. The third-order valence-corrected chi connectivity index (χ3v) is 3.72. The Morgan fingerprint density at radius 2 is 1.90 bits per heavy atom. The molecule has 0 spiro atoms. The van der Waals surface area contributed by atoms with E-state index in [1.54, 1.807) is 0 Å². The first kappa shape index (κ1) is 15.1. The van der Waals surface area contributed by atoms with Crippen LogP contribution < -0.4 is 5.32 Å². The molecule has 2 rings (SSSR count). The maximum atomic E-state index is 13.6. The molecule has 0 aromatic heterocycles. The van der Waals surface area contributed by atoms with Crippen LogP contribution in [0.3, 0.4) is 0 Å². The minimum absolute atomic E-state index is 0.136. The van der Waals surface area contributed by atoms with Gasteiger partial charge in [-0.2, -0.15) is 13.2 Å². The van der Waals surface area contributed by atoms with Crippen LogP contribution in [-0.4, -0.2) is 31.6 Å². The Kier molecular flexibility index (Phi) is 4.52. The van der Waals surface area contributed by atoms with Crippen LogP contribution >= 0.6 is 0 Å². The van der Waals surface area contributed by atoms with Crippen LogP contribution in [0, 0.1) is 11.7 Å². The van der Waals surface area contributed by atoms with Gasteiger partial charge in [-0.1, -0.05) is 0 Å². The number of anilines is 1. The van der Waals surface area contributed by atoms with Gasteiger partial charge in [0.1, 0.15) is 5.82 Å². The quantitative estimate of drug-likeness (QED) is 0.856. The van der Waals surface area contributed by atoms with E-state index in [-0.39, 0.29) is 5.69 Å². The Hall–Kier alpha value is -1.30. The van der Waals surface area contributed by atoms with Crippen molar-refractivity contribution in [2.75, 3.05) is 32.0 Å². The van der Waals surface area contributed by atoms with Crippen LogP contribution in [0.5, 0.6) is 0 Å². The molecule has 1 aromatic carbocycles. The second-order valence-corrected chi connectivity index (χ2v) is 5.32. The van der Waals surface area contributed by atoms with Crippen molar-refractivity contribution in [1.29, 1.82) is 0 Å². The van der Waals surface area contributed by atoms with Gasteiger partial charge < -0.3 is 10.2 Å². The smallest absolute Gasteiger partial charge is 0.382 e. The largest absolute Gasteiger partial charge is 0.416 e. The molecule has 0 unspecified atom stereocenters. The highest BCUT2D eigenvalue weighted by Crippen LogP contribution is 2.31. The Morgan fingerprint density at radius 1 is 1.25 bits per heavy atom. The summed E-state index contributed by atoms with van der Waals surface area (Å²) in [5.74, 6) is -0.416. The summed E-state index contributed by atoms with van der Waals surface area (Å²) in [5.41, 5.74) is -0.822. The van der Waals surface area contributed by atoms with Gasteiger partial charge in [-0.25, -0.2) is 4.39 Å². The van der Waals surface area contributed by atoms with Crippen molar-refractivity contribution >= 4 is 5.69 Å². The number of piperidine rings is 1. The molecule has 1 aromatic rings. The summed E-state index contributed by atoms with van der Waals surface area (Å²) in [6, 6.07) is 2.60. The minimum Gasteiger partial charge on any atom is -0.382 e. The molecule has 112 valence electrons. The number of rotatable bonds is 3. The van der Waals surface area contributed by atoms with Crippen molar-refractivity contribution in [3.05, 3.63) is 29.6 Å². The zero-order valence-electron chi connectivity index (χ0n) is 11.3. The van der Waals surface area contributed by atoms with Crippen LogP contribution in [0.15, 0.2) is 18.2 Å². The van der Waals surface area contributed by atoms with Crippen molar-refractivity contribution in [1.82, 2.24) is 4.90 Å². The second kappa shape index (κ2) is 5.99. The Morgan fingerprint density at radius 3 is 2.45 bits per heavy atom. The number of nitrogens with one attached hydrogen (secondary N) is 1. The zero-order chi connectivity index (χ0) is 14.8. The number of likely N-dealkylation sites (tertiary alicyclic amines) is 1. The fraction of sp³-hybridized carbons (Fsp3) is 0.571. The molecule has 20 heavy (non-hydrogen) atoms. The van der Waals surface area contributed by atoms with Gasteiger partial charge in [0.05, 0.1) is 11.3 Å². The fourth-order valence-corrected chi connectivity index (χ4v) is 2.36. The van der Waals surface area contributed by atoms with Gasteiger partial charge >= 0.3 is 6.18 Å². The van der Waals surface area contributed by atoms with Gasteiger partial charge in [0.25, 0.3) is 0 Å². The highest BCUT2D eigenvalue weighted by Gasteiger charge is 2.31. The topological polar surface area (TPSA) is 15.3 Å². The molecule has 1 fully saturated rings. The molecule has 0 atom stereocenters. The van der Waals surface area contributed by atoms with Crippen molar-refractivity contribution in [3.63, 3.8) is 0 Å². The summed E-state index contributed by atoms with van der Waals surface area (Å²) in [5, 5.41) is 2.92. The lowest BCUT2D eigenvalue weighted by molar-refractivity contribution is -0.137. The molecule has 0 saturated carbocycles. The normalized spacial score (nSPS) is 18.2. The maximum Gasteiger partial charge on any atom is 0.416 e. The maximum absolute atomic E-state index is 13.6. The lowest BCUT2D eigenvalue weighted by Crippen LogP contribution is -2.33. The first-order valence-corrected chi connectivity index (χ1v) is 6.65. The predicted octanol–water partition coefficient (Wildman–Crippen LogP) is 3.60. The average Bonchev–Trinajstić information content (AvgIpc) is 2.38. The summed E-state index contributed by atoms with van der Waals surface area (Å²) in [4.78, 5) is 2.23. The van der Waals surface area contributed by atoms with Crippen LogP contribution in [0.25, 0.3) is 0 Å². The van der Waals surface area contributed by atoms with Gasteiger partial charge in [-0.3, -0.25) is 0 Å². The second-order valence-electron chi connectivity index (χ2n) is 5.32. The summed E-state index contributed by atoms with van der Waals surface area (Å²) in [6.45, 7) is 2.60. The van der Waals surface area contributed by atoms with Crippen molar-refractivity contribution in [2.24, 2.45) is 5.92 Å². The van der Waals surface area contributed by atoms with Gasteiger partial charge in [-0.15, -0.1) is 0 Å². The molecular formula is C14H18F4N2. The molecule has 1 aliphatic heterocycles. The third-order valence-electron chi connectivity index (χ3n) is 3.72. The SMILES string of the molecule is CN1CCC(CNc2ccc(C(F)(F)F)cc2F)CC1. The average molecular weight is 290 g/mol. The standard InChI is InChI=1S/C14H18F4N2/c1-20-6-4-10(5-7-20)9-19-13-3-2-11(8-12(13)15)14(16,17)18/h2-3,8,10,19H,4-7,9H2,1H3. The van der Waals surface area contributed by atoms with E-state index in [2.05, 4.69) is 17.3 Å². The Labute approximate surface area is 115 Å². The first-order valence-electron chi connectivity index (χ1n) is 6.65. The summed E-state index contributed by atoms with van der Waals surface area (Å²) in [6.07, 6.45) is -2.47. The highest BCUT2D eigenvalue weighted by atomic mass is 19.4. The van der Waals surface area contributed by atoms with E-state index < -0.39 is 17.6 Å². The Balaban J connectivity index is 1.93. The van der Waals surface area contributed by atoms with E-state index in [1.807, 2.05) is 0 Å². The lowest BCUT2D eigenvalue weighted by Gasteiger charge is -2.29. The summed E-state index contributed by atoms with van der Waals surface area (Å²) >= 11 is 0. The molecule has 2 nitrogen and oxygen atoms in total. The molecule has 1 aliphatic rings. The van der Waals surface area contributed by atoms with Crippen LogP contribution in [0.4, 0.5) is 23.2 Å². The van der Waals surface area contributed by atoms with Crippen molar-refractivity contribution in [3.8, 4) is 0 Å². The third kappa shape index (κ3) is 3.85. The van der Waals surface area contributed by atoms with E-state index in [0.717, 1.165) is 38.1 Å². The van der Waals surface area contributed by atoms with E-state index in [0.29, 0.717) is 18.5 Å². The summed E-state index contributed by atoms with van der Waals surface area (Å²) in [7, 11) is 2.05. The zero-order valence-corrected chi connectivity index (χ0v) is 11.3. The van der Waals surface area contributed by atoms with Gasteiger partial charge in [-0.05, 0) is 57.1 Å². The van der Waals surface area contributed by atoms with Crippen molar-refractivity contribution in [2.45, 2.75) is 19.0 Å². The molecule has 6 heteroatoms. The molecule has 1 N–H and O–H groups in total. The van der Waals surface area contributed by atoms with Crippen molar-refractivity contribution < 1.29 is 17.6 Å². The van der Waals surface area contributed by atoms with Crippen LogP contribution in [-0.2, 0) is 6.18 Å². The van der Waals surface area contributed by atoms with Gasteiger partial charge in [0.2, 0.25) is 0 Å². The number of alkyl halides is 3. The fourth-order valence-electron chi connectivity index (χ4n) is 2.36. The molecule has 0 aliphatic carbocycles. The number of hydrogen-bond acceptors (Lipinski definition) is 2. The molecule has 0 bridgehead atoms. The number of halogens is 4. The van der Waals surface area contributed by atoms with E-state index in [1.165, 1.54) is 0 Å². The van der Waals surface area contributed by atoms with Gasteiger partial charge in [0.15, 0.2) is 0 Å². The minimum atomic E-state index is -4.51. The monoisotopic (exact) mass is 290 g/mol. The molecule has 0 radical (unpaired) electrons. The van der Waals surface area contributed by atoms with E-state index in [9.17, 15) is 17.6 Å². The van der Waals surface area contributed by atoms with Crippen LogP contribution in [0.1, 0.15) is 18.4 Å². The van der Waals surface area contributed by atoms with E-state index >= 15 is 0 Å². The predicted molar refractivity (Wildman–Crippen MR) is 70.1 cm³/mol. The molecular weight excluding hydrogens is 272 g/mol. The molecule has 1 saturated heterocycles. The summed E-state index contributed by atoms with van der Waals surface area (Å²) < 4.78 is 50.9. The van der Waals surface area contributed by atoms with Gasteiger partial charge in [0, 0.05) is 6.54 Å². The number of benzene rings is 1. The Bertz CT molecular complexity index is 451. The lowest BCUT2D eigenvalue weighted by atomic mass is 9.97. The van der Waals surface area contributed by atoms with E-state index in [4.69, 9.17) is 0 Å². The number of nitrogens with zero attached hydrogens (tertiary/aromatic N) is 1. The highest BCUT2D eigenvalue weighted by molar-refractivity contribution is 5.46. The van der Waals surface area contributed by atoms with Crippen LogP contribution in [0.2, 0.25) is 0 Å².